The molecule has 0 unspecified atom stereocenters. The molecule has 0 radical (unpaired) electrons. The van der Waals surface area contributed by atoms with Gasteiger partial charge in [0.05, 0.1) is 48.0 Å². The number of carbonyl (C=O) groups is 2. The number of ether oxygens (including phenoxy) is 4. The average molecular weight is 827 g/mol. The highest BCUT2D eigenvalue weighted by atomic mass is 32.2. The number of anilines is 2. The number of nitrogens with zero attached hydrogens (tertiary/aromatic N) is 4. The van der Waals surface area contributed by atoms with Gasteiger partial charge in [-0.3, -0.25) is 19.4 Å². The van der Waals surface area contributed by atoms with Gasteiger partial charge in [-0.1, -0.05) is 85.0 Å². The van der Waals surface area contributed by atoms with Gasteiger partial charge in [0.25, 0.3) is 0 Å². The minimum Gasteiger partial charge on any atom is -0.462 e. The summed E-state index contributed by atoms with van der Waals surface area (Å²) in [6.07, 6.45) is 18.4. The second-order valence-corrected chi connectivity index (χ2v) is 18.7. The third-order valence-corrected chi connectivity index (χ3v) is 15.0. The van der Waals surface area contributed by atoms with Gasteiger partial charge in [-0.25, -0.2) is 8.42 Å². The normalized spacial score (nSPS) is 28.8. The Labute approximate surface area is 349 Å². The van der Waals surface area contributed by atoms with Crippen molar-refractivity contribution in [3.63, 3.8) is 0 Å². The van der Waals surface area contributed by atoms with Crippen molar-refractivity contribution in [1.29, 1.82) is 0 Å². The van der Waals surface area contributed by atoms with Crippen LogP contribution in [0.25, 0.3) is 0 Å². The van der Waals surface area contributed by atoms with Crippen molar-refractivity contribution in [2.75, 3.05) is 88.6 Å². The monoisotopic (exact) mass is 826 g/mol. The van der Waals surface area contributed by atoms with Crippen LogP contribution < -0.4 is 9.80 Å². The van der Waals surface area contributed by atoms with Gasteiger partial charge in [-0.2, -0.15) is 0 Å². The van der Waals surface area contributed by atoms with Gasteiger partial charge in [0.15, 0.2) is 9.84 Å². The van der Waals surface area contributed by atoms with E-state index in [0.717, 1.165) is 48.7 Å². The van der Waals surface area contributed by atoms with Gasteiger partial charge >= 0.3 is 11.9 Å². The molecule has 59 heavy (non-hydrogen) atoms. The summed E-state index contributed by atoms with van der Waals surface area (Å²) in [4.78, 5) is 33.1. The maximum atomic E-state index is 14.7. The van der Waals surface area contributed by atoms with Crippen LogP contribution in [0.3, 0.4) is 0 Å². The lowest BCUT2D eigenvalue weighted by atomic mass is 9.81. The largest absolute Gasteiger partial charge is 0.462 e. The van der Waals surface area contributed by atoms with Crippen LogP contribution in [0.4, 0.5) is 11.4 Å². The van der Waals surface area contributed by atoms with E-state index in [0.29, 0.717) is 78.3 Å². The smallest absolute Gasteiger partial charge is 0.302 e. The van der Waals surface area contributed by atoms with Crippen LogP contribution in [0.15, 0.2) is 97.1 Å². The number of hydrogen-bond donors (Lipinski definition) is 0. The molecule has 12 nitrogen and oxygen atoms in total. The summed E-state index contributed by atoms with van der Waals surface area (Å²) in [6, 6.07) is 16.8. The number of sulfone groups is 1. The fraction of sp³-hybridized carbons (Fsp3) is 0.522. The van der Waals surface area contributed by atoms with E-state index < -0.39 is 31.4 Å². The van der Waals surface area contributed by atoms with Crippen LogP contribution in [0.1, 0.15) is 50.7 Å². The first-order valence-corrected chi connectivity index (χ1v) is 22.9. The number of morpholine rings is 2. The van der Waals surface area contributed by atoms with E-state index in [1.165, 1.54) is 13.8 Å². The summed E-state index contributed by atoms with van der Waals surface area (Å²) in [5.41, 5.74) is 3.01. The Morgan fingerprint density at radius 3 is 1.24 bits per heavy atom. The number of hydrogen-bond acceptors (Lipinski definition) is 12. The van der Waals surface area contributed by atoms with Crippen molar-refractivity contribution >= 4 is 33.2 Å². The molecule has 2 aromatic carbocycles. The first-order chi connectivity index (χ1) is 28.6. The molecular formula is C46H58N4O8S. The molecule has 0 amide bonds. The van der Waals surface area contributed by atoms with E-state index in [2.05, 4.69) is 92.4 Å². The summed E-state index contributed by atoms with van der Waals surface area (Å²) in [7, 11) is -3.77. The maximum Gasteiger partial charge on any atom is 0.302 e. The summed E-state index contributed by atoms with van der Waals surface area (Å²) in [5, 5.41) is -1.67. The van der Waals surface area contributed by atoms with Crippen molar-refractivity contribution < 1.29 is 37.0 Å². The van der Waals surface area contributed by atoms with E-state index in [4.69, 9.17) is 18.9 Å². The number of piperidine rings is 2. The van der Waals surface area contributed by atoms with Gasteiger partial charge in [0, 0.05) is 88.7 Å². The molecule has 4 aliphatic heterocycles. The lowest BCUT2D eigenvalue weighted by Gasteiger charge is -2.47. The zero-order chi connectivity index (χ0) is 41.0. The van der Waals surface area contributed by atoms with Gasteiger partial charge in [0.1, 0.15) is 12.2 Å². The Balaban J connectivity index is 1.09. The second kappa shape index (κ2) is 17.8. The van der Waals surface area contributed by atoms with Crippen molar-refractivity contribution in [3.8, 4) is 0 Å². The molecule has 0 bridgehead atoms. The molecule has 2 aliphatic carbocycles. The third kappa shape index (κ3) is 8.54. The Morgan fingerprint density at radius 1 is 0.559 bits per heavy atom. The quantitative estimate of drug-likeness (QED) is 0.240. The first-order valence-electron chi connectivity index (χ1n) is 21.3. The fourth-order valence-electron chi connectivity index (χ4n) is 9.89. The summed E-state index contributed by atoms with van der Waals surface area (Å²) in [5.74, 6) is -0.538. The van der Waals surface area contributed by atoms with Crippen LogP contribution in [-0.4, -0.2) is 132 Å². The van der Waals surface area contributed by atoms with Crippen LogP contribution in [0, 0.1) is 0 Å². The number of rotatable bonds is 10. The van der Waals surface area contributed by atoms with Crippen molar-refractivity contribution in [1.82, 2.24) is 9.80 Å². The summed E-state index contributed by atoms with van der Waals surface area (Å²) in [6.45, 7) is 11.3. The van der Waals surface area contributed by atoms with Crippen LogP contribution in [0.5, 0.6) is 0 Å². The highest BCUT2D eigenvalue weighted by molar-refractivity contribution is 7.93. The Kier molecular flexibility index (Phi) is 12.5. The maximum absolute atomic E-state index is 14.7. The van der Waals surface area contributed by atoms with Gasteiger partial charge < -0.3 is 28.7 Å². The van der Waals surface area contributed by atoms with Crippen LogP contribution in [-0.2, 0) is 49.5 Å². The number of likely N-dealkylation sites (tertiary alicyclic amines) is 2. The number of esters is 2. The lowest BCUT2D eigenvalue weighted by Crippen LogP contribution is -2.51. The minimum atomic E-state index is -3.77. The lowest BCUT2D eigenvalue weighted by molar-refractivity contribution is -0.149. The molecule has 4 heterocycles. The van der Waals surface area contributed by atoms with Crippen molar-refractivity contribution in [3.05, 3.63) is 108 Å². The van der Waals surface area contributed by atoms with Crippen LogP contribution in [0.2, 0.25) is 0 Å². The molecule has 4 fully saturated rings. The van der Waals surface area contributed by atoms with E-state index in [1.807, 2.05) is 24.3 Å². The first kappa shape index (κ1) is 41.5. The van der Waals surface area contributed by atoms with E-state index in [1.54, 1.807) is 0 Å². The topological polar surface area (TPSA) is 118 Å². The predicted molar refractivity (Wildman–Crippen MR) is 228 cm³/mol. The van der Waals surface area contributed by atoms with E-state index in [9.17, 15) is 18.0 Å². The number of benzene rings is 2. The predicted octanol–water partition coefficient (Wildman–Crippen LogP) is 4.91. The zero-order valence-corrected chi connectivity index (χ0v) is 35.1. The highest BCUT2D eigenvalue weighted by Crippen LogP contribution is 2.45. The molecule has 13 heteroatoms. The van der Waals surface area contributed by atoms with Crippen molar-refractivity contribution in [2.45, 2.75) is 73.3 Å². The Morgan fingerprint density at radius 2 is 0.898 bits per heavy atom. The molecule has 0 spiro atoms. The molecule has 316 valence electrons. The summed E-state index contributed by atoms with van der Waals surface area (Å²) >= 11 is 0. The average Bonchev–Trinajstić information content (AvgIpc) is 3.27. The standard InChI is InChI=1S/C46H58N4O8S/c1-35(51)57-37-15-23-49(24-16-37)45(41-7-3-5-9-43(41)47-27-31-55-32-28-47)19-11-39(12-20-45)59(53,54)40-13-21-46(22-14-40,50-25-17-38(18-26-50)58-36(2)52)42-8-4-6-10-44(42)48-29-33-56-34-30-48/h3-14,19-22,37-40H,15-18,23-34H2,1-2H3. The SMILES string of the molecule is CC(=O)OC1CCN(C2(c3ccccc3N3CCOCC3)C=CC(S(=O)(=O)C3C=CC(c4ccccc4N4CCOCC4)(N4CCC(OC(C)=O)CC4)C=C3)C=C2)CC1. The molecule has 0 atom stereocenters. The fourth-order valence-corrected chi connectivity index (χ4v) is 11.4. The molecule has 6 aliphatic rings. The molecule has 0 N–H and O–H groups in total. The molecule has 0 saturated carbocycles. The molecule has 4 saturated heterocycles. The molecule has 8 rings (SSSR count). The molecule has 2 aromatic rings. The van der Waals surface area contributed by atoms with E-state index >= 15 is 0 Å². The van der Waals surface area contributed by atoms with Gasteiger partial charge in [-0.05, 0) is 37.8 Å². The minimum absolute atomic E-state index is 0.141. The Hall–Kier alpha value is -4.27. The molecule has 0 aromatic heterocycles. The van der Waals surface area contributed by atoms with Crippen molar-refractivity contribution in [2.24, 2.45) is 0 Å². The number of para-hydroxylation sites is 2. The van der Waals surface area contributed by atoms with E-state index in [-0.39, 0.29) is 24.1 Å². The molecular weight excluding hydrogens is 769 g/mol. The Bertz CT molecular complexity index is 1890. The van der Waals surface area contributed by atoms with Crippen LogP contribution >= 0.6 is 0 Å². The second-order valence-electron chi connectivity index (χ2n) is 16.4. The highest BCUT2D eigenvalue weighted by Gasteiger charge is 2.45. The van der Waals surface area contributed by atoms with Gasteiger partial charge in [-0.15, -0.1) is 0 Å². The third-order valence-electron chi connectivity index (χ3n) is 12.9. The zero-order valence-electron chi connectivity index (χ0n) is 34.3. The summed E-state index contributed by atoms with van der Waals surface area (Å²) < 4.78 is 52.1. The van der Waals surface area contributed by atoms with Gasteiger partial charge in [0.2, 0.25) is 0 Å². The number of carbonyl (C=O) groups excluding carboxylic acids is 2.